The van der Waals surface area contributed by atoms with Gasteiger partial charge in [-0.1, -0.05) is 25.1 Å². The van der Waals surface area contributed by atoms with Crippen LogP contribution in [0.25, 0.3) is 11.3 Å². The van der Waals surface area contributed by atoms with Gasteiger partial charge in [0.25, 0.3) is 0 Å². The van der Waals surface area contributed by atoms with Gasteiger partial charge in [-0.25, -0.2) is 0 Å². The van der Waals surface area contributed by atoms with Crippen LogP contribution in [-0.2, 0) is 10.8 Å². The summed E-state index contributed by atoms with van der Waals surface area (Å²) in [6.45, 7) is 3.89. The molecule has 17 heavy (non-hydrogen) atoms. The van der Waals surface area contributed by atoms with Crippen molar-refractivity contribution in [2.75, 3.05) is 5.75 Å². The third-order valence-electron chi connectivity index (χ3n) is 2.54. The molecule has 1 unspecified atom stereocenters. The van der Waals surface area contributed by atoms with E-state index < -0.39 is 10.8 Å². The van der Waals surface area contributed by atoms with Gasteiger partial charge in [0, 0.05) is 21.9 Å². The number of hydrogen-bond donors (Lipinski definition) is 0. The maximum atomic E-state index is 11.8. The van der Waals surface area contributed by atoms with Crippen LogP contribution in [0.5, 0.6) is 0 Å². The van der Waals surface area contributed by atoms with E-state index >= 15 is 0 Å². The second kappa shape index (κ2) is 5.23. The van der Waals surface area contributed by atoms with Crippen LogP contribution in [-0.4, -0.2) is 14.9 Å². The molecule has 0 aliphatic rings. The fourth-order valence-electron chi connectivity index (χ4n) is 1.67. The molecule has 1 aromatic heterocycles. The number of nitrogens with zero attached hydrogens (tertiary/aromatic N) is 1. The Labute approximate surface area is 104 Å². The first kappa shape index (κ1) is 12.0. The van der Waals surface area contributed by atoms with Crippen LogP contribution in [0.4, 0.5) is 0 Å². The van der Waals surface area contributed by atoms with E-state index in [4.69, 9.17) is 0 Å². The predicted molar refractivity (Wildman–Crippen MR) is 71.4 cm³/mol. The zero-order valence-corrected chi connectivity index (χ0v) is 10.8. The Morgan fingerprint density at radius 1 is 1.18 bits per heavy atom. The largest absolute Gasteiger partial charge is 0.254 e. The first-order valence-electron chi connectivity index (χ1n) is 5.63. The van der Waals surface area contributed by atoms with Crippen molar-refractivity contribution in [2.24, 2.45) is 0 Å². The number of rotatable bonds is 3. The minimum Gasteiger partial charge on any atom is -0.254 e. The number of pyridine rings is 1. The summed E-state index contributed by atoms with van der Waals surface area (Å²) >= 11 is 0. The molecule has 0 saturated carbocycles. The average molecular weight is 245 g/mol. The Morgan fingerprint density at radius 2 is 1.94 bits per heavy atom. The summed E-state index contributed by atoms with van der Waals surface area (Å²) in [5.74, 6) is 0.644. The zero-order chi connectivity index (χ0) is 12.3. The number of hydrogen-bond acceptors (Lipinski definition) is 2. The molecule has 0 amide bonds. The summed E-state index contributed by atoms with van der Waals surface area (Å²) in [4.78, 5) is 5.34. The van der Waals surface area contributed by atoms with Crippen molar-refractivity contribution in [1.29, 1.82) is 0 Å². The van der Waals surface area contributed by atoms with Gasteiger partial charge >= 0.3 is 0 Å². The molecule has 2 rings (SSSR count). The van der Waals surface area contributed by atoms with Gasteiger partial charge in [0.15, 0.2) is 0 Å². The third kappa shape index (κ3) is 2.80. The van der Waals surface area contributed by atoms with Crippen LogP contribution in [0, 0.1) is 6.92 Å². The number of aromatic nitrogens is 1. The van der Waals surface area contributed by atoms with Crippen LogP contribution < -0.4 is 0 Å². The van der Waals surface area contributed by atoms with Crippen LogP contribution in [0.2, 0.25) is 0 Å². The molecule has 1 heterocycles. The van der Waals surface area contributed by atoms with Gasteiger partial charge in [-0.3, -0.25) is 9.19 Å². The van der Waals surface area contributed by atoms with E-state index in [2.05, 4.69) is 4.98 Å². The smallest absolute Gasteiger partial charge is 0.0705 e. The Kier molecular flexibility index (Phi) is 3.69. The molecule has 0 N–H and O–H groups in total. The van der Waals surface area contributed by atoms with Crippen molar-refractivity contribution < 1.29 is 4.21 Å². The van der Waals surface area contributed by atoms with Gasteiger partial charge < -0.3 is 0 Å². The van der Waals surface area contributed by atoms with E-state index in [1.54, 1.807) is 0 Å². The molecule has 3 heteroatoms. The Balaban J connectivity index is 2.43. The minimum absolute atomic E-state index is 0.644. The van der Waals surface area contributed by atoms with Gasteiger partial charge in [-0.15, -0.1) is 0 Å². The summed E-state index contributed by atoms with van der Waals surface area (Å²) < 4.78 is 11.8. The first-order valence-corrected chi connectivity index (χ1v) is 6.95. The molecule has 0 fully saturated rings. The lowest BCUT2D eigenvalue weighted by molar-refractivity contribution is 0.684. The molecule has 0 spiro atoms. The number of benzene rings is 1. The highest BCUT2D eigenvalue weighted by Gasteiger charge is 2.04. The molecule has 2 nitrogen and oxygen atoms in total. The highest BCUT2D eigenvalue weighted by molar-refractivity contribution is 7.85. The van der Waals surface area contributed by atoms with Crippen molar-refractivity contribution in [1.82, 2.24) is 4.98 Å². The van der Waals surface area contributed by atoms with Gasteiger partial charge in [-0.2, -0.15) is 0 Å². The van der Waals surface area contributed by atoms with Gasteiger partial charge in [0.05, 0.1) is 16.5 Å². The van der Waals surface area contributed by atoms with Crippen molar-refractivity contribution in [3.8, 4) is 11.3 Å². The van der Waals surface area contributed by atoms with Crippen LogP contribution in [0.1, 0.15) is 12.6 Å². The van der Waals surface area contributed by atoms with Crippen molar-refractivity contribution in [3.05, 3.63) is 48.2 Å². The van der Waals surface area contributed by atoms with Crippen molar-refractivity contribution in [2.45, 2.75) is 18.7 Å². The summed E-state index contributed by atoms with van der Waals surface area (Å²) in [6, 6.07) is 13.7. The van der Waals surface area contributed by atoms with E-state index in [1.165, 1.54) is 0 Å². The highest BCUT2D eigenvalue weighted by atomic mass is 32.2. The maximum absolute atomic E-state index is 11.8. The maximum Gasteiger partial charge on any atom is 0.0705 e. The molecule has 0 bridgehead atoms. The van der Waals surface area contributed by atoms with E-state index in [0.29, 0.717) is 5.75 Å². The summed E-state index contributed by atoms with van der Waals surface area (Å²) in [5.41, 5.74) is 2.94. The van der Waals surface area contributed by atoms with E-state index in [1.807, 2.05) is 56.3 Å². The Morgan fingerprint density at radius 3 is 2.65 bits per heavy atom. The molecule has 0 saturated heterocycles. The molecule has 0 radical (unpaired) electrons. The van der Waals surface area contributed by atoms with Gasteiger partial charge in [0.2, 0.25) is 0 Å². The second-order valence-electron chi connectivity index (χ2n) is 3.83. The lowest BCUT2D eigenvalue weighted by atomic mass is 10.1. The van der Waals surface area contributed by atoms with Crippen molar-refractivity contribution >= 4 is 10.8 Å². The first-order chi connectivity index (χ1) is 8.20. The standard InChI is InChI=1S/C14H15NOS/c1-3-17(16)13-8-5-7-12(10-13)14-9-4-6-11(2)15-14/h4-10H,3H2,1-2H3. The topological polar surface area (TPSA) is 30.0 Å². The SMILES string of the molecule is CCS(=O)c1cccc(-c2cccc(C)n2)c1. The normalized spacial score (nSPS) is 12.4. The molecular formula is C14H15NOS. The minimum atomic E-state index is -0.908. The monoisotopic (exact) mass is 245 g/mol. The summed E-state index contributed by atoms with van der Waals surface area (Å²) in [6.07, 6.45) is 0. The summed E-state index contributed by atoms with van der Waals surface area (Å²) in [7, 11) is -0.908. The zero-order valence-electron chi connectivity index (χ0n) is 10.0. The molecule has 2 aromatic rings. The van der Waals surface area contributed by atoms with Gasteiger partial charge in [0.1, 0.15) is 0 Å². The van der Waals surface area contributed by atoms with Gasteiger partial charge in [-0.05, 0) is 31.2 Å². The number of aryl methyl sites for hydroxylation is 1. The fraction of sp³-hybridized carbons (Fsp3) is 0.214. The Bertz CT molecular complexity index is 551. The van der Waals surface area contributed by atoms with E-state index in [9.17, 15) is 4.21 Å². The van der Waals surface area contributed by atoms with E-state index in [-0.39, 0.29) is 0 Å². The molecule has 0 aliphatic heterocycles. The van der Waals surface area contributed by atoms with Crippen LogP contribution in [0.15, 0.2) is 47.4 Å². The van der Waals surface area contributed by atoms with E-state index in [0.717, 1.165) is 21.8 Å². The lowest BCUT2D eigenvalue weighted by Crippen LogP contribution is -1.94. The Hall–Kier alpha value is -1.48. The third-order valence-corrected chi connectivity index (χ3v) is 3.85. The molecule has 0 aliphatic carbocycles. The summed E-state index contributed by atoms with van der Waals surface area (Å²) in [5, 5.41) is 0. The molecular weight excluding hydrogens is 230 g/mol. The molecule has 88 valence electrons. The molecule has 1 atom stereocenters. The van der Waals surface area contributed by atoms with Crippen molar-refractivity contribution in [3.63, 3.8) is 0 Å². The highest BCUT2D eigenvalue weighted by Crippen LogP contribution is 2.20. The van der Waals surface area contributed by atoms with Crippen LogP contribution in [0.3, 0.4) is 0 Å². The van der Waals surface area contributed by atoms with Crippen LogP contribution >= 0.6 is 0 Å². The molecule has 1 aromatic carbocycles. The lowest BCUT2D eigenvalue weighted by Gasteiger charge is -2.04. The predicted octanol–water partition coefficient (Wildman–Crippen LogP) is 3.18. The second-order valence-corrected chi connectivity index (χ2v) is 5.57. The fourth-order valence-corrected chi connectivity index (χ4v) is 2.49. The average Bonchev–Trinajstić information content (AvgIpc) is 2.38. The quantitative estimate of drug-likeness (QED) is 0.831.